The number of benzene rings is 19. The van der Waals surface area contributed by atoms with Crippen LogP contribution in [0.1, 0.15) is 0 Å². The predicted octanol–water partition coefficient (Wildman–Crippen LogP) is 29.8. The van der Waals surface area contributed by atoms with Gasteiger partial charge < -0.3 is 0 Å². The number of thiophene rings is 3. The van der Waals surface area contributed by atoms with E-state index in [2.05, 4.69) is 440 Å². The van der Waals surface area contributed by atoms with Gasteiger partial charge in [0.25, 0.3) is 0 Å². The predicted molar refractivity (Wildman–Crippen MR) is 600 cm³/mol. The second-order valence-electron chi connectivity index (χ2n) is 38.2. The van der Waals surface area contributed by atoms with Crippen molar-refractivity contribution in [1.82, 2.24) is 44.9 Å². The molecule has 9 nitrogen and oxygen atoms in total. The van der Waals surface area contributed by atoms with Crippen LogP contribution < -0.4 is 31.1 Å². The molecule has 0 amide bonds. The number of nitrogens with zero attached hydrogens (tertiary/aromatic N) is 9. The van der Waals surface area contributed by atoms with Gasteiger partial charge in [-0.25, -0.2) is 44.9 Å². The van der Waals surface area contributed by atoms with Crippen LogP contribution in [-0.2, 0) is 0 Å². The summed E-state index contributed by atoms with van der Waals surface area (Å²) < 4.78 is 7.56. The molecule has 0 saturated carbocycles. The van der Waals surface area contributed by atoms with Crippen molar-refractivity contribution < 1.29 is 0 Å². The Bertz CT molecular complexity index is 9400. The minimum absolute atomic E-state index is 0.671. The number of aromatic nitrogens is 9. The van der Waals surface area contributed by atoms with Gasteiger partial charge in [-0.1, -0.05) is 409 Å². The van der Waals surface area contributed by atoms with E-state index in [1.165, 1.54) is 163 Å². The highest BCUT2D eigenvalue weighted by atomic mass is 32.1. The first-order valence-electron chi connectivity index (χ1n) is 47.6. The van der Waals surface area contributed by atoms with E-state index in [4.69, 9.17) is 44.9 Å². The third-order valence-electron chi connectivity index (χ3n) is 28.8. The lowest BCUT2D eigenvalue weighted by atomic mass is 9.97. The molecule has 6 aromatic heterocycles. The summed E-state index contributed by atoms with van der Waals surface area (Å²) in [6, 6.07) is 150. The standard InChI is InChI=1S/2C45H31N3SSi.C35H25N3SSi/c1-50(2)40-19-8-6-15-36(40)42-37(17-10-20-41(42)50)45-47-43(30-23-21-29(22-24-30)33-16-9-12-28-11-3-4-13-32(28)33)46-44(48-45)31-25-26-35-34-14-5-7-18-38(34)49-39(35)27-31;1-50(2)40-19-8-6-16-36(40)42-37(17-10-20-41(42)50)45-47-43(32-14-9-13-30(26-32)31-22-21-28-11-3-4-12-29(28)25-31)46-44(48-45)33-23-24-35-34-15-5-7-18-38(34)49-39(35)27-33;1-40(2)30-17-9-7-14-26(30)32-27(15-10-18-31(32)40)35-37-33(22-11-4-3-5-12-22)36-34(38-35)23-19-20-25-24-13-6-8-16-28(24)39-29(25)21-23/h2*3-27H,1-2H3;3-21H,1-2H3. The number of rotatable bonds is 11. The zero-order chi connectivity index (χ0) is 93.6. The highest BCUT2D eigenvalue weighted by Gasteiger charge is 2.42. The van der Waals surface area contributed by atoms with Gasteiger partial charge in [0.15, 0.2) is 52.4 Å². The van der Waals surface area contributed by atoms with Crippen molar-refractivity contribution in [3.8, 4) is 158 Å². The molecule has 15 heteroatoms. The van der Waals surface area contributed by atoms with Gasteiger partial charge in [-0.2, -0.15) is 0 Å². The number of hydrogen-bond donors (Lipinski definition) is 0. The fourth-order valence-electron chi connectivity index (χ4n) is 21.8. The summed E-state index contributed by atoms with van der Waals surface area (Å²) in [5.41, 5.74) is 21.5. The maximum absolute atomic E-state index is 5.28. The van der Waals surface area contributed by atoms with Crippen LogP contribution in [0.25, 0.3) is 240 Å². The van der Waals surface area contributed by atoms with E-state index in [0.717, 1.165) is 61.5 Å². The molecule has 0 aliphatic carbocycles. The van der Waals surface area contributed by atoms with Crippen molar-refractivity contribution in [2.75, 3.05) is 0 Å². The fourth-order valence-corrected chi connectivity index (χ4v) is 34.5. The lowest BCUT2D eigenvalue weighted by Gasteiger charge is -2.18. The highest BCUT2D eigenvalue weighted by molar-refractivity contribution is 7.26. The van der Waals surface area contributed by atoms with Crippen LogP contribution >= 0.6 is 34.0 Å². The van der Waals surface area contributed by atoms with Crippen molar-refractivity contribution in [1.29, 1.82) is 0 Å². The summed E-state index contributed by atoms with van der Waals surface area (Å²) >= 11 is 5.44. The SMILES string of the molecule is C[Si]1(C)c2ccccc2-c2c(-c3nc(-c4ccc(-c5cccc6ccccc56)cc4)nc(-c4ccc5c(c4)sc4ccccc45)n3)cccc21.C[Si]1(C)c2ccccc2-c2c(-c3nc(-c4cccc(-c5ccc6ccccc6c5)c4)nc(-c4ccc5c(c4)sc4ccccc45)n3)cccc21.C[Si]1(C)c2ccccc2-c2c(-c3nc(-c4ccccc4)nc(-c4ccc5c(c4)sc4ccccc45)n3)cccc21. The fraction of sp³-hybridized carbons (Fsp3) is 0.0480. The van der Waals surface area contributed by atoms with Crippen LogP contribution in [0.5, 0.6) is 0 Å². The molecular weight excluding hydrogens is 1810 g/mol. The largest absolute Gasteiger partial charge is 0.208 e. The van der Waals surface area contributed by atoms with Crippen LogP contribution in [-0.4, -0.2) is 69.1 Å². The second kappa shape index (κ2) is 33.7. The smallest absolute Gasteiger partial charge is 0.164 e. The van der Waals surface area contributed by atoms with E-state index < -0.39 is 24.2 Å². The first kappa shape index (κ1) is 84.5. The van der Waals surface area contributed by atoms with E-state index in [9.17, 15) is 0 Å². The van der Waals surface area contributed by atoms with Crippen LogP contribution in [0.2, 0.25) is 39.3 Å². The molecule has 0 N–H and O–H groups in total. The van der Waals surface area contributed by atoms with Gasteiger partial charge in [-0.15, -0.1) is 34.0 Å². The maximum Gasteiger partial charge on any atom is 0.164 e. The molecule has 28 rings (SSSR count). The molecule has 140 heavy (non-hydrogen) atoms. The van der Waals surface area contributed by atoms with Crippen molar-refractivity contribution in [2.45, 2.75) is 39.3 Å². The first-order chi connectivity index (χ1) is 68.6. The number of fused-ring (bicyclic) bond motifs is 20. The van der Waals surface area contributed by atoms with E-state index in [-0.39, 0.29) is 0 Å². The summed E-state index contributed by atoms with van der Waals surface area (Å²) in [6.45, 7) is 14.7. The molecule has 19 aromatic carbocycles. The van der Waals surface area contributed by atoms with Crippen molar-refractivity contribution in [2.24, 2.45) is 0 Å². The Kier molecular flexibility index (Phi) is 20.4. The van der Waals surface area contributed by atoms with E-state index >= 15 is 0 Å². The quantitative estimate of drug-likeness (QED) is 0.117. The van der Waals surface area contributed by atoms with Crippen molar-refractivity contribution in [3.63, 3.8) is 0 Å². The molecule has 662 valence electrons. The van der Waals surface area contributed by atoms with Crippen LogP contribution in [0.3, 0.4) is 0 Å². The zero-order valence-corrected chi connectivity index (χ0v) is 83.0. The molecule has 0 fully saturated rings. The maximum atomic E-state index is 5.28. The van der Waals surface area contributed by atoms with Crippen LogP contribution in [0, 0.1) is 0 Å². The van der Waals surface area contributed by atoms with Crippen LogP contribution in [0.15, 0.2) is 419 Å². The van der Waals surface area contributed by atoms with Crippen molar-refractivity contribution >= 4 is 171 Å². The van der Waals surface area contributed by atoms with Crippen LogP contribution in [0.4, 0.5) is 0 Å². The summed E-state index contributed by atoms with van der Waals surface area (Å²) in [4.78, 5) is 46.7. The van der Waals surface area contributed by atoms with Gasteiger partial charge in [-0.05, 0) is 157 Å². The van der Waals surface area contributed by atoms with Gasteiger partial charge >= 0.3 is 0 Å². The van der Waals surface area contributed by atoms with E-state index in [1.54, 1.807) is 0 Å². The Morgan fingerprint density at radius 2 is 0.414 bits per heavy atom. The normalized spacial score (nSPS) is 13.2. The van der Waals surface area contributed by atoms with Gasteiger partial charge in [0.1, 0.15) is 24.2 Å². The first-order valence-corrected chi connectivity index (χ1v) is 59.0. The average molecular weight is 1900 g/mol. The van der Waals surface area contributed by atoms with Gasteiger partial charge in [0.2, 0.25) is 0 Å². The zero-order valence-electron chi connectivity index (χ0n) is 77.6. The van der Waals surface area contributed by atoms with Crippen molar-refractivity contribution in [3.05, 3.63) is 419 Å². The molecule has 3 aliphatic heterocycles. The topological polar surface area (TPSA) is 116 Å². The number of hydrogen-bond acceptors (Lipinski definition) is 12. The lowest BCUT2D eigenvalue weighted by Crippen LogP contribution is -2.49. The molecule has 0 radical (unpaired) electrons. The molecule has 0 bridgehead atoms. The second-order valence-corrected chi connectivity index (χ2v) is 54.4. The highest BCUT2D eigenvalue weighted by Crippen LogP contribution is 2.46. The van der Waals surface area contributed by atoms with Gasteiger partial charge in [0, 0.05) is 111 Å². The molecular formula is C125H87N9S3Si3. The minimum Gasteiger partial charge on any atom is -0.208 e. The Balaban J connectivity index is 0.000000109. The van der Waals surface area contributed by atoms with Gasteiger partial charge in [0.05, 0.1) is 0 Å². The summed E-state index contributed by atoms with van der Waals surface area (Å²) in [6.07, 6.45) is 0. The summed E-state index contributed by atoms with van der Waals surface area (Å²) in [5, 5.41) is 21.3. The molecule has 9 heterocycles. The molecule has 0 atom stereocenters. The Morgan fingerprint density at radius 3 is 0.857 bits per heavy atom. The third-order valence-corrected chi connectivity index (χ3v) is 42.9. The molecule has 0 unspecified atom stereocenters. The van der Waals surface area contributed by atoms with Gasteiger partial charge in [-0.3, -0.25) is 0 Å². The Morgan fingerprint density at radius 1 is 0.150 bits per heavy atom. The monoisotopic (exact) mass is 1890 g/mol. The Hall–Kier alpha value is -16.0. The Labute approximate surface area is 825 Å². The third kappa shape index (κ3) is 14.4. The van der Waals surface area contributed by atoms with E-state index in [0.29, 0.717) is 46.6 Å². The molecule has 0 saturated heterocycles. The lowest BCUT2D eigenvalue weighted by molar-refractivity contribution is 1.07. The summed E-state index contributed by atoms with van der Waals surface area (Å²) in [7, 11) is -5.58. The minimum atomic E-state index is -1.88. The molecule has 3 aliphatic rings. The molecule has 0 spiro atoms. The average Bonchev–Trinajstić information content (AvgIpc) is 1.58. The summed E-state index contributed by atoms with van der Waals surface area (Å²) in [5.74, 6) is 6.23. The molecule has 25 aromatic rings. The van der Waals surface area contributed by atoms with E-state index in [1.807, 2.05) is 52.2 Å².